The van der Waals surface area contributed by atoms with E-state index in [0.717, 1.165) is 29.4 Å². The molecule has 0 atom stereocenters. The van der Waals surface area contributed by atoms with Gasteiger partial charge in [-0.25, -0.2) is 9.78 Å². The van der Waals surface area contributed by atoms with Gasteiger partial charge in [0.15, 0.2) is 0 Å². The fourth-order valence-electron chi connectivity index (χ4n) is 3.17. The number of carbonyl (C=O) groups is 1. The summed E-state index contributed by atoms with van der Waals surface area (Å²) in [5.74, 6) is 2.19. The second-order valence-electron chi connectivity index (χ2n) is 6.79. The molecule has 0 spiro atoms. The summed E-state index contributed by atoms with van der Waals surface area (Å²) in [6, 6.07) is 8.96. The van der Waals surface area contributed by atoms with Crippen molar-refractivity contribution in [2.45, 2.75) is 19.3 Å². The molecule has 0 radical (unpaired) electrons. The van der Waals surface area contributed by atoms with Crippen LogP contribution in [0.2, 0.25) is 0 Å². The molecule has 0 unspecified atom stereocenters. The second-order valence-corrected chi connectivity index (χ2v) is 8.59. The zero-order valence-corrected chi connectivity index (χ0v) is 17.5. The van der Waals surface area contributed by atoms with Crippen LogP contribution in [-0.2, 0) is 0 Å². The van der Waals surface area contributed by atoms with E-state index in [-0.39, 0.29) is 6.03 Å². The number of hydrogen-bond donors (Lipinski definition) is 3. The maximum atomic E-state index is 12.3. The zero-order valence-electron chi connectivity index (χ0n) is 15.9. The number of thiazole rings is 1. The first kappa shape index (κ1) is 19.8. The first-order valence-corrected chi connectivity index (χ1v) is 11.4. The SMILES string of the molecule is O=C(Nc1cccc(OCCC2CCNCC2)n1)Nc1csc(-c2cccs2)n1. The Hall–Kier alpha value is -2.49. The molecule has 3 N–H and O–H groups in total. The summed E-state index contributed by atoms with van der Waals surface area (Å²) in [6.45, 7) is 2.81. The zero-order chi connectivity index (χ0) is 19.9. The van der Waals surface area contributed by atoms with Crippen LogP contribution < -0.4 is 20.7 Å². The maximum Gasteiger partial charge on any atom is 0.326 e. The van der Waals surface area contributed by atoms with Gasteiger partial charge in [0.1, 0.15) is 16.6 Å². The number of urea groups is 1. The molecular weight excluding hydrogens is 406 g/mol. The van der Waals surface area contributed by atoms with Crippen LogP contribution in [0.5, 0.6) is 5.88 Å². The van der Waals surface area contributed by atoms with Crippen molar-refractivity contribution in [3.8, 4) is 15.8 Å². The molecule has 2 amide bonds. The van der Waals surface area contributed by atoms with Crippen LogP contribution in [0.1, 0.15) is 19.3 Å². The van der Waals surface area contributed by atoms with E-state index < -0.39 is 0 Å². The summed E-state index contributed by atoms with van der Waals surface area (Å²) >= 11 is 3.12. The molecule has 1 aliphatic rings. The van der Waals surface area contributed by atoms with Gasteiger partial charge in [0.25, 0.3) is 0 Å². The third-order valence-corrected chi connectivity index (χ3v) is 6.56. The van der Waals surface area contributed by atoms with Crippen molar-refractivity contribution < 1.29 is 9.53 Å². The molecule has 29 heavy (non-hydrogen) atoms. The molecule has 4 heterocycles. The number of anilines is 2. The summed E-state index contributed by atoms with van der Waals surface area (Å²) in [4.78, 5) is 22.2. The van der Waals surface area contributed by atoms with Gasteiger partial charge in [-0.15, -0.1) is 22.7 Å². The molecule has 0 bridgehead atoms. The lowest BCUT2D eigenvalue weighted by Gasteiger charge is -2.22. The van der Waals surface area contributed by atoms with Crippen molar-refractivity contribution >= 4 is 40.3 Å². The molecule has 0 aliphatic carbocycles. The number of hydrogen-bond acceptors (Lipinski definition) is 7. The predicted octanol–water partition coefficient (Wildman–Crippen LogP) is 4.68. The van der Waals surface area contributed by atoms with E-state index >= 15 is 0 Å². The number of pyridine rings is 1. The first-order chi connectivity index (χ1) is 14.3. The van der Waals surface area contributed by atoms with Gasteiger partial charge in [0.2, 0.25) is 5.88 Å². The number of rotatable bonds is 7. The molecule has 4 rings (SSSR count). The quantitative estimate of drug-likeness (QED) is 0.508. The summed E-state index contributed by atoms with van der Waals surface area (Å²) in [5.41, 5.74) is 0. The summed E-state index contributed by atoms with van der Waals surface area (Å²) < 4.78 is 5.78. The second kappa shape index (κ2) is 9.82. The number of amides is 2. The van der Waals surface area contributed by atoms with Crippen LogP contribution in [0.25, 0.3) is 9.88 Å². The van der Waals surface area contributed by atoms with Gasteiger partial charge < -0.3 is 10.1 Å². The van der Waals surface area contributed by atoms with E-state index in [1.54, 1.807) is 23.5 Å². The largest absolute Gasteiger partial charge is 0.478 e. The standard InChI is InChI=1S/C20H23N5O2S2/c26-20(25-17-13-29-19(23-17)15-3-2-12-28-15)24-16-4-1-5-18(22-16)27-11-8-14-6-9-21-10-7-14/h1-5,12-14,21H,6-11H2,(H2,22,24,25,26). The Labute approximate surface area is 177 Å². The van der Waals surface area contributed by atoms with Crippen molar-refractivity contribution in [3.05, 3.63) is 41.1 Å². The van der Waals surface area contributed by atoms with Gasteiger partial charge in [0, 0.05) is 11.4 Å². The van der Waals surface area contributed by atoms with E-state index in [4.69, 9.17) is 4.74 Å². The van der Waals surface area contributed by atoms with Gasteiger partial charge in [0.05, 0.1) is 11.5 Å². The van der Waals surface area contributed by atoms with E-state index in [1.165, 1.54) is 24.2 Å². The predicted molar refractivity (Wildman–Crippen MR) is 118 cm³/mol. The monoisotopic (exact) mass is 429 g/mol. The minimum absolute atomic E-state index is 0.382. The van der Waals surface area contributed by atoms with Crippen molar-refractivity contribution in [1.29, 1.82) is 0 Å². The van der Waals surface area contributed by atoms with Crippen LogP contribution in [0.15, 0.2) is 41.1 Å². The molecule has 9 heteroatoms. The van der Waals surface area contributed by atoms with Crippen LogP contribution in [0.3, 0.4) is 0 Å². The fourth-order valence-corrected chi connectivity index (χ4v) is 4.74. The van der Waals surface area contributed by atoms with E-state index in [2.05, 4.69) is 25.9 Å². The van der Waals surface area contributed by atoms with E-state index in [0.29, 0.717) is 30.0 Å². The third-order valence-electron chi connectivity index (χ3n) is 4.68. The Balaban J connectivity index is 1.26. The van der Waals surface area contributed by atoms with Gasteiger partial charge >= 0.3 is 6.03 Å². The van der Waals surface area contributed by atoms with Gasteiger partial charge in [-0.2, -0.15) is 4.98 Å². The fraction of sp³-hybridized carbons (Fsp3) is 0.350. The summed E-state index contributed by atoms with van der Waals surface area (Å²) in [7, 11) is 0. The van der Waals surface area contributed by atoms with Crippen LogP contribution in [0, 0.1) is 5.92 Å². The van der Waals surface area contributed by atoms with Crippen LogP contribution in [-0.4, -0.2) is 35.7 Å². The van der Waals surface area contributed by atoms with Crippen LogP contribution >= 0.6 is 22.7 Å². The molecule has 7 nitrogen and oxygen atoms in total. The number of ether oxygens (including phenoxy) is 1. The van der Waals surface area contributed by atoms with E-state index in [1.807, 2.05) is 29.0 Å². The highest BCUT2D eigenvalue weighted by atomic mass is 32.1. The number of carbonyl (C=O) groups excluding carboxylic acids is 1. The Morgan fingerprint density at radius 2 is 1.97 bits per heavy atom. The lowest BCUT2D eigenvalue weighted by molar-refractivity contribution is 0.245. The van der Waals surface area contributed by atoms with Crippen molar-refractivity contribution in [3.63, 3.8) is 0 Å². The lowest BCUT2D eigenvalue weighted by Crippen LogP contribution is -2.28. The third kappa shape index (κ3) is 5.75. The highest BCUT2D eigenvalue weighted by Gasteiger charge is 2.13. The van der Waals surface area contributed by atoms with Crippen molar-refractivity contribution in [1.82, 2.24) is 15.3 Å². The lowest BCUT2D eigenvalue weighted by atomic mass is 9.95. The summed E-state index contributed by atoms with van der Waals surface area (Å²) in [6.07, 6.45) is 3.42. The normalized spacial score (nSPS) is 14.5. The topological polar surface area (TPSA) is 88.2 Å². The summed E-state index contributed by atoms with van der Waals surface area (Å²) in [5, 5.41) is 13.6. The van der Waals surface area contributed by atoms with Gasteiger partial charge in [-0.3, -0.25) is 10.6 Å². The highest BCUT2D eigenvalue weighted by molar-refractivity contribution is 7.20. The molecule has 1 saturated heterocycles. The molecule has 1 aliphatic heterocycles. The van der Waals surface area contributed by atoms with Gasteiger partial charge in [-0.1, -0.05) is 12.1 Å². The molecule has 1 fully saturated rings. The number of aromatic nitrogens is 2. The first-order valence-electron chi connectivity index (χ1n) is 9.64. The minimum atomic E-state index is -0.382. The maximum absolute atomic E-state index is 12.3. The number of nitrogens with zero attached hydrogens (tertiary/aromatic N) is 2. The number of thiophene rings is 1. The van der Waals surface area contributed by atoms with Crippen LogP contribution in [0.4, 0.5) is 16.4 Å². The Kier molecular flexibility index (Phi) is 6.71. The number of nitrogens with one attached hydrogen (secondary N) is 3. The average Bonchev–Trinajstić information content (AvgIpc) is 3.41. The Morgan fingerprint density at radius 3 is 2.79 bits per heavy atom. The van der Waals surface area contributed by atoms with Crippen molar-refractivity contribution in [2.24, 2.45) is 5.92 Å². The average molecular weight is 430 g/mol. The Bertz CT molecular complexity index is 923. The molecule has 3 aromatic heterocycles. The molecule has 0 aromatic carbocycles. The Morgan fingerprint density at radius 1 is 1.10 bits per heavy atom. The van der Waals surface area contributed by atoms with Crippen molar-refractivity contribution in [2.75, 3.05) is 30.3 Å². The molecule has 152 valence electrons. The smallest absolute Gasteiger partial charge is 0.326 e. The molecular formula is C20H23N5O2S2. The highest BCUT2D eigenvalue weighted by Crippen LogP contribution is 2.29. The van der Waals surface area contributed by atoms with E-state index in [9.17, 15) is 4.79 Å². The van der Waals surface area contributed by atoms with Gasteiger partial charge in [-0.05, 0) is 55.8 Å². The molecule has 3 aromatic rings. The number of piperidine rings is 1. The molecule has 0 saturated carbocycles. The minimum Gasteiger partial charge on any atom is -0.478 e.